The van der Waals surface area contributed by atoms with Gasteiger partial charge in [-0.3, -0.25) is 4.79 Å². The molecule has 0 unspecified atom stereocenters. The summed E-state index contributed by atoms with van der Waals surface area (Å²) in [6.45, 7) is 9.80. The Labute approximate surface area is 177 Å². The molecule has 0 N–H and O–H groups in total. The van der Waals surface area contributed by atoms with Crippen molar-refractivity contribution in [3.63, 3.8) is 0 Å². The lowest BCUT2D eigenvalue weighted by atomic mass is 9.72. The number of hydrogen-bond acceptors (Lipinski definition) is 2. The standard InChI is InChI=1S/C26H36O2Si/c1-25(2,3)29(22-14-7-5-8-15-22,23-16-9-6-10-17-23)28-21-13-20-26(4)19-12-11-18-24(26)27/h5-10,14-17H,11-13,18-21H2,1-4H3/t26-/m0/s1. The first kappa shape index (κ1) is 22.0. The third-order valence-electron chi connectivity index (χ3n) is 6.66. The van der Waals surface area contributed by atoms with Crippen LogP contribution in [0, 0.1) is 5.41 Å². The molecule has 0 aromatic heterocycles. The SMILES string of the molecule is CC(C)(C)[Si](OCCC[C@]1(C)CCCCC1=O)(c1ccccc1)c1ccccc1. The average Bonchev–Trinajstić information content (AvgIpc) is 2.71. The summed E-state index contributed by atoms with van der Waals surface area (Å²) in [4.78, 5) is 12.5. The third-order valence-corrected chi connectivity index (χ3v) is 11.7. The van der Waals surface area contributed by atoms with Gasteiger partial charge in [0.15, 0.2) is 0 Å². The van der Waals surface area contributed by atoms with Crippen LogP contribution < -0.4 is 10.4 Å². The molecule has 1 saturated carbocycles. The molecule has 2 nitrogen and oxygen atoms in total. The van der Waals surface area contributed by atoms with E-state index in [9.17, 15) is 4.79 Å². The molecular formula is C26H36O2Si. The first-order valence-corrected chi connectivity index (χ1v) is 13.0. The van der Waals surface area contributed by atoms with E-state index in [1.54, 1.807) is 0 Å². The summed E-state index contributed by atoms with van der Waals surface area (Å²) >= 11 is 0. The molecular weight excluding hydrogens is 372 g/mol. The Morgan fingerprint density at radius 2 is 1.48 bits per heavy atom. The highest BCUT2D eigenvalue weighted by Gasteiger charge is 2.50. The minimum absolute atomic E-state index is 0.000264. The van der Waals surface area contributed by atoms with E-state index < -0.39 is 8.32 Å². The molecule has 2 aromatic rings. The highest BCUT2D eigenvalue weighted by molar-refractivity contribution is 6.99. The molecule has 0 bridgehead atoms. The van der Waals surface area contributed by atoms with Crippen LogP contribution in [0.3, 0.4) is 0 Å². The van der Waals surface area contributed by atoms with Crippen LogP contribution in [0.2, 0.25) is 5.04 Å². The zero-order valence-corrected chi connectivity index (χ0v) is 19.5. The molecule has 3 rings (SSSR count). The molecule has 3 heteroatoms. The molecule has 0 amide bonds. The van der Waals surface area contributed by atoms with E-state index in [1.165, 1.54) is 16.8 Å². The highest BCUT2D eigenvalue weighted by Crippen LogP contribution is 2.39. The smallest absolute Gasteiger partial charge is 0.261 e. The van der Waals surface area contributed by atoms with Crippen molar-refractivity contribution in [3.05, 3.63) is 60.7 Å². The van der Waals surface area contributed by atoms with Gasteiger partial charge in [0.25, 0.3) is 8.32 Å². The lowest BCUT2D eigenvalue weighted by molar-refractivity contribution is -0.130. The fraction of sp³-hybridized carbons (Fsp3) is 0.500. The second kappa shape index (κ2) is 8.97. The topological polar surface area (TPSA) is 26.3 Å². The number of carbonyl (C=O) groups excluding carboxylic acids is 1. The van der Waals surface area contributed by atoms with Gasteiger partial charge in [-0.2, -0.15) is 0 Å². The van der Waals surface area contributed by atoms with E-state index in [0.29, 0.717) is 12.4 Å². The predicted molar refractivity (Wildman–Crippen MR) is 124 cm³/mol. The van der Waals surface area contributed by atoms with Crippen LogP contribution in [0.25, 0.3) is 0 Å². The van der Waals surface area contributed by atoms with E-state index in [4.69, 9.17) is 4.43 Å². The Morgan fingerprint density at radius 1 is 0.931 bits per heavy atom. The molecule has 1 atom stereocenters. The second-order valence-corrected chi connectivity index (χ2v) is 14.1. The van der Waals surface area contributed by atoms with Gasteiger partial charge in [0.05, 0.1) is 0 Å². The van der Waals surface area contributed by atoms with Crippen LogP contribution >= 0.6 is 0 Å². The van der Waals surface area contributed by atoms with Crippen LogP contribution in [0.5, 0.6) is 0 Å². The summed E-state index contributed by atoms with van der Waals surface area (Å²) < 4.78 is 6.97. The van der Waals surface area contributed by atoms with Gasteiger partial charge in [0.2, 0.25) is 0 Å². The Kier molecular flexibility index (Phi) is 6.80. The molecule has 0 saturated heterocycles. The van der Waals surface area contributed by atoms with Crippen molar-refractivity contribution in [1.82, 2.24) is 0 Å². The number of hydrogen-bond donors (Lipinski definition) is 0. The largest absolute Gasteiger partial charge is 0.407 e. The number of carbonyl (C=O) groups is 1. The third kappa shape index (κ3) is 4.56. The van der Waals surface area contributed by atoms with Gasteiger partial charge < -0.3 is 4.43 Å². The molecule has 2 aromatic carbocycles. The van der Waals surface area contributed by atoms with Crippen molar-refractivity contribution in [2.75, 3.05) is 6.61 Å². The van der Waals surface area contributed by atoms with E-state index in [1.807, 2.05) is 0 Å². The van der Waals surface area contributed by atoms with Crippen molar-refractivity contribution >= 4 is 24.5 Å². The lowest BCUT2D eigenvalue weighted by Gasteiger charge is -2.43. The minimum Gasteiger partial charge on any atom is -0.407 e. The molecule has 1 aliphatic rings. The van der Waals surface area contributed by atoms with E-state index in [-0.39, 0.29) is 10.5 Å². The fourth-order valence-corrected chi connectivity index (χ4v) is 9.56. The Hall–Kier alpha value is -1.71. The second-order valence-electron chi connectivity index (χ2n) is 9.81. The molecule has 0 spiro atoms. The van der Waals surface area contributed by atoms with Crippen LogP contribution in [0.15, 0.2) is 60.7 Å². The van der Waals surface area contributed by atoms with Gasteiger partial charge in [0.1, 0.15) is 5.78 Å². The van der Waals surface area contributed by atoms with Crippen molar-refractivity contribution in [1.29, 1.82) is 0 Å². The summed E-state index contributed by atoms with van der Waals surface area (Å²) in [6.07, 6.45) is 5.90. The van der Waals surface area contributed by atoms with E-state index in [0.717, 1.165) is 32.1 Å². The number of rotatable bonds is 7. The average molecular weight is 409 g/mol. The maximum atomic E-state index is 12.5. The van der Waals surface area contributed by atoms with Crippen molar-refractivity contribution in [3.8, 4) is 0 Å². The maximum Gasteiger partial charge on any atom is 0.261 e. The van der Waals surface area contributed by atoms with Gasteiger partial charge in [-0.1, -0.05) is 94.8 Å². The first-order chi connectivity index (χ1) is 13.8. The zero-order valence-electron chi connectivity index (χ0n) is 18.5. The zero-order chi connectivity index (χ0) is 21.0. The van der Waals surface area contributed by atoms with E-state index in [2.05, 4.69) is 88.4 Å². The number of benzene rings is 2. The molecule has 0 heterocycles. The first-order valence-electron chi connectivity index (χ1n) is 11.1. The van der Waals surface area contributed by atoms with Crippen molar-refractivity contribution in [2.45, 2.75) is 71.3 Å². The molecule has 0 radical (unpaired) electrons. The Morgan fingerprint density at radius 3 is 1.97 bits per heavy atom. The molecule has 1 aliphatic carbocycles. The normalized spacial score (nSPS) is 20.6. The van der Waals surface area contributed by atoms with Crippen LogP contribution in [0.4, 0.5) is 0 Å². The molecule has 29 heavy (non-hydrogen) atoms. The Balaban J connectivity index is 1.85. The monoisotopic (exact) mass is 408 g/mol. The minimum atomic E-state index is -2.46. The van der Waals surface area contributed by atoms with Gasteiger partial charge in [-0.15, -0.1) is 0 Å². The van der Waals surface area contributed by atoms with Gasteiger partial charge in [-0.05, 0) is 41.1 Å². The summed E-state index contributed by atoms with van der Waals surface area (Å²) in [7, 11) is -2.46. The predicted octanol–water partition coefficient (Wildman–Crippen LogP) is 5.49. The quantitative estimate of drug-likeness (QED) is 0.447. The van der Waals surface area contributed by atoms with Crippen molar-refractivity contribution < 1.29 is 9.22 Å². The van der Waals surface area contributed by atoms with Crippen LogP contribution in [-0.4, -0.2) is 20.7 Å². The summed E-state index contributed by atoms with van der Waals surface area (Å²) in [6, 6.07) is 21.6. The molecule has 156 valence electrons. The van der Waals surface area contributed by atoms with Gasteiger partial charge in [-0.25, -0.2) is 0 Å². The Bertz CT molecular complexity index is 755. The van der Waals surface area contributed by atoms with Crippen molar-refractivity contribution in [2.24, 2.45) is 5.41 Å². The van der Waals surface area contributed by atoms with Crippen LogP contribution in [-0.2, 0) is 9.22 Å². The van der Waals surface area contributed by atoms with Gasteiger partial charge >= 0.3 is 0 Å². The summed E-state index contributed by atoms with van der Waals surface area (Å²) in [5.74, 6) is 0.453. The summed E-state index contributed by atoms with van der Waals surface area (Å²) in [5.41, 5.74) is -0.146. The summed E-state index contributed by atoms with van der Waals surface area (Å²) in [5, 5.41) is 2.64. The maximum absolute atomic E-state index is 12.5. The number of Topliss-reactive ketones (excluding diaryl/α,β-unsaturated/α-hetero) is 1. The molecule has 1 fully saturated rings. The molecule has 0 aliphatic heterocycles. The van der Waals surface area contributed by atoms with Gasteiger partial charge in [0, 0.05) is 18.4 Å². The van der Waals surface area contributed by atoms with Crippen LogP contribution in [0.1, 0.15) is 66.2 Å². The van der Waals surface area contributed by atoms with E-state index >= 15 is 0 Å². The lowest BCUT2D eigenvalue weighted by Crippen LogP contribution is -2.66. The number of ketones is 1. The fourth-order valence-electron chi connectivity index (χ4n) is 4.96. The highest BCUT2D eigenvalue weighted by atomic mass is 28.4.